The van der Waals surface area contributed by atoms with E-state index < -0.39 is 0 Å². The smallest absolute Gasteiger partial charge is 0.193 e. The lowest BCUT2D eigenvalue weighted by molar-refractivity contribution is 0.104. The quantitative estimate of drug-likeness (QED) is 0.676. The maximum Gasteiger partial charge on any atom is 0.193 e. The Morgan fingerprint density at radius 3 is 2.43 bits per heavy atom. The average molecular weight is 284 g/mol. The topological polar surface area (TPSA) is 55.8 Å². The number of allylic oxidation sites excluding steroid dienone is 1. The lowest BCUT2D eigenvalue weighted by atomic mass is 10.1. The molecule has 0 spiro atoms. The first-order valence-corrected chi connectivity index (χ1v) is 6.38. The number of hydrogen-bond donors (Lipinski definition) is 1. The number of phenols is 1. The molecule has 2 aromatic carbocycles. The third kappa shape index (κ3) is 3.42. The van der Waals surface area contributed by atoms with Gasteiger partial charge < -0.3 is 14.6 Å². The molecule has 0 bridgehead atoms. The van der Waals surface area contributed by atoms with Gasteiger partial charge in [-0.1, -0.05) is 36.4 Å². The van der Waals surface area contributed by atoms with Crippen LogP contribution >= 0.6 is 0 Å². The van der Waals surface area contributed by atoms with E-state index in [2.05, 4.69) is 0 Å². The third-order valence-corrected chi connectivity index (χ3v) is 2.98. The predicted octanol–water partition coefficient (Wildman–Crippen LogP) is 3.31. The maximum atomic E-state index is 12.3. The number of methoxy groups -OCH3 is 2. The molecule has 0 fully saturated rings. The molecule has 4 heteroatoms. The van der Waals surface area contributed by atoms with Crippen molar-refractivity contribution >= 4 is 11.9 Å². The molecule has 0 radical (unpaired) electrons. The molecule has 2 rings (SSSR count). The Bertz CT molecular complexity index is 660. The molecule has 0 heterocycles. The van der Waals surface area contributed by atoms with Gasteiger partial charge in [0.05, 0.1) is 14.2 Å². The summed E-state index contributed by atoms with van der Waals surface area (Å²) >= 11 is 0. The van der Waals surface area contributed by atoms with Crippen molar-refractivity contribution in [3.63, 3.8) is 0 Å². The lowest BCUT2D eigenvalue weighted by Gasteiger charge is -2.10. The van der Waals surface area contributed by atoms with Crippen molar-refractivity contribution in [3.8, 4) is 17.2 Å². The van der Waals surface area contributed by atoms with Crippen molar-refractivity contribution in [1.82, 2.24) is 0 Å². The highest BCUT2D eigenvalue weighted by Crippen LogP contribution is 2.33. The summed E-state index contributed by atoms with van der Waals surface area (Å²) in [5.74, 6) is 0.187. The molecule has 0 amide bonds. The minimum atomic E-state index is -0.337. The van der Waals surface area contributed by atoms with E-state index in [1.807, 2.05) is 30.3 Å². The normalized spacial score (nSPS) is 10.6. The third-order valence-electron chi connectivity index (χ3n) is 2.98. The Labute approximate surface area is 123 Å². The number of benzene rings is 2. The van der Waals surface area contributed by atoms with Crippen molar-refractivity contribution in [2.45, 2.75) is 0 Å². The van der Waals surface area contributed by atoms with Crippen LogP contribution in [-0.2, 0) is 0 Å². The van der Waals surface area contributed by atoms with E-state index in [9.17, 15) is 9.90 Å². The van der Waals surface area contributed by atoms with Crippen LogP contribution in [-0.4, -0.2) is 25.1 Å². The van der Waals surface area contributed by atoms with Gasteiger partial charge in [-0.05, 0) is 11.6 Å². The molecule has 0 saturated heterocycles. The molecule has 0 aliphatic carbocycles. The second kappa shape index (κ2) is 6.61. The van der Waals surface area contributed by atoms with E-state index in [1.54, 1.807) is 12.1 Å². The maximum absolute atomic E-state index is 12.3. The minimum Gasteiger partial charge on any atom is -0.507 e. The number of rotatable bonds is 5. The Morgan fingerprint density at radius 2 is 1.81 bits per heavy atom. The molecule has 0 aliphatic rings. The molecular weight excluding hydrogens is 268 g/mol. The first kappa shape index (κ1) is 14.7. The van der Waals surface area contributed by atoms with Crippen LogP contribution in [0.2, 0.25) is 0 Å². The zero-order chi connectivity index (χ0) is 15.2. The Hall–Kier alpha value is -2.75. The van der Waals surface area contributed by atoms with Gasteiger partial charge in [-0.15, -0.1) is 0 Å². The molecule has 0 unspecified atom stereocenters. The van der Waals surface area contributed by atoms with E-state index >= 15 is 0 Å². The van der Waals surface area contributed by atoms with Gasteiger partial charge in [0.2, 0.25) is 0 Å². The number of carbonyl (C=O) groups excluding carboxylic acids is 1. The van der Waals surface area contributed by atoms with Gasteiger partial charge in [-0.3, -0.25) is 4.79 Å². The Kier molecular flexibility index (Phi) is 4.61. The highest BCUT2D eigenvalue weighted by molar-refractivity contribution is 6.10. The van der Waals surface area contributed by atoms with E-state index in [4.69, 9.17) is 9.47 Å². The highest BCUT2D eigenvalue weighted by atomic mass is 16.5. The van der Waals surface area contributed by atoms with Crippen molar-refractivity contribution in [2.75, 3.05) is 14.2 Å². The van der Waals surface area contributed by atoms with Gasteiger partial charge >= 0.3 is 0 Å². The predicted molar refractivity (Wildman–Crippen MR) is 81.0 cm³/mol. The van der Waals surface area contributed by atoms with Crippen molar-refractivity contribution in [2.24, 2.45) is 0 Å². The fourth-order valence-electron chi connectivity index (χ4n) is 1.92. The van der Waals surface area contributed by atoms with Gasteiger partial charge in [-0.2, -0.15) is 0 Å². The minimum absolute atomic E-state index is 0.116. The SMILES string of the molecule is COc1cc(O)c(C(=O)C=Cc2ccccc2)c(OC)c1. The van der Waals surface area contributed by atoms with Gasteiger partial charge in [-0.25, -0.2) is 0 Å². The van der Waals surface area contributed by atoms with E-state index in [-0.39, 0.29) is 22.8 Å². The van der Waals surface area contributed by atoms with Crippen LogP contribution in [0.1, 0.15) is 15.9 Å². The summed E-state index contributed by atoms with van der Waals surface area (Å²) in [5, 5.41) is 9.99. The summed E-state index contributed by atoms with van der Waals surface area (Å²) < 4.78 is 10.2. The summed E-state index contributed by atoms with van der Waals surface area (Å²) in [5.41, 5.74) is 1.02. The summed E-state index contributed by atoms with van der Waals surface area (Å²) in [6.07, 6.45) is 3.09. The zero-order valence-corrected chi connectivity index (χ0v) is 11.9. The number of phenolic OH excluding ortho intramolecular Hbond substituents is 1. The summed E-state index contributed by atoms with van der Waals surface area (Å²) in [6.45, 7) is 0. The number of hydrogen-bond acceptors (Lipinski definition) is 4. The number of carbonyl (C=O) groups is 1. The fourth-order valence-corrected chi connectivity index (χ4v) is 1.92. The molecule has 0 saturated carbocycles. The summed E-state index contributed by atoms with van der Waals surface area (Å²) in [7, 11) is 2.91. The summed E-state index contributed by atoms with van der Waals surface area (Å²) in [6, 6.07) is 12.4. The first-order valence-electron chi connectivity index (χ1n) is 6.38. The lowest BCUT2D eigenvalue weighted by Crippen LogP contribution is -2.00. The molecule has 21 heavy (non-hydrogen) atoms. The zero-order valence-electron chi connectivity index (χ0n) is 11.9. The van der Waals surface area contributed by atoms with E-state index in [0.717, 1.165) is 5.56 Å². The molecule has 2 aromatic rings. The molecular formula is C17H16O4. The van der Waals surface area contributed by atoms with Crippen molar-refractivity contribution < 1.29 is 19.4 Å². The summed E-state index contributed by atoms with van der Waals surface area (Å²) in [4.78, 5) is 12.3. The van der Waals surface area contributed by atoms with Crippen LogP contribution in [0.5, 0.6) is 17.2 Å². The highest BCUT2D eigenvalue weighted by Gasteiger charge is 2.17. The Morgan fingerprint density at radius 1 is 1.10 bits per heavy atom. The second-order valence-electron chi connectivity index (χ2n) is 4.33. The van der Waals surface area contributed by atoms with E-state index in [1.165, 1.54) is 26.4 Å². The van der Waals surface area contributed by atoms with Crippen molar-refractivity contribution in [3.05, 3.63) is 59.7 Å². The van der Waals surface area contributed by atoms with Crippen molar-refractivity contribution in [1.29, 1.82) is 0 Å². The van der Waals surface area contributed by atoms with Crippen LogP contribution < -0.4 is 9.47 Å². The van der Waals surface area contributed by atoms with Gasteiger partial charge in [0.25, 0.3) is 0 Å². The first-order chi connectivity index (χ1) is 10.2. The van der Waals surface area contributed by atoms with Gasteiger partial charge in [0, 0.05) is 12.1 Å². The average Bonchev–Trinajstić information content (AvgIpc) is 2.52. The van der Waals surface area contributed by atoms with Crippen LogP contribution in [0.4, 0.5) is 0 Å². The van der Waals surface area contributed by atoms with E-state index in [0.29, 0.717) is 5.75 Å². The molecule has 4 nitrogen and oxygen atoms in total. The molecule has 0 atom stereocenters. The molecule has 0 aromatic heterocycles. The fraction of sp³-hybridized carbons (Fsp3) is 0.118. The standard InChI is InChI=1S/C17H16O4/c1-20-13-10-15(19)17(16(11-13)21-2)14(18)9-8-12-6-4-3-5-7-12/h3-11,19H,1-2H3. The molecule has 0 aliphatic heterocycles. The molecule has 108 valence electrons. The number of ketones is 1. The largest absolute Gasteiger partial charge is 0.507 e. The van der Waals surface area contributed by atoms with Crippen LogP contribution in [0.25, 0.3) is 6.08 Å². The Balaban J connectivity index is 2.33. The van der Waals surface area contributed by atoms with Gasteiger partial charge in [0.1, 0.15) is 22.8 Å². The van der Waals surface area contributed by atoms with Crippen LogP contribution in [0, 0.1) is 0 Å². The monoisotopic (exact) mass is 284 g/mol. The number of ether oxygens (including phenoxy) is 2. The molecule has 1 N–H and O–H groups in total. The second-order valence-corrected chi connectivity index (χ2v) is 4.33. The van der Waals surface area contributed by atoms with Crippen LogP contribution in [0.15, 0.2) is 48.5 Å². The van der Waals surface area contributed by atoms with Gasteiger partial charge in [0.15, 0.2) is 5.78 Å². The van der Waals surface area contributed by atoms with Crippen LogP contribution in [0.3, 0.4) is 0 Å². The number of aromatic hydroxyl groups is 1.